The summed E-state index contributed by atoms with van der Waals surface area (Å²) in [7, 11) is 0. The summed E-state index contributed by atoms with van der Waals surface area (Å²) in [5, 5.41) is 0. The third-order valence-electron chi connectivity index (χ3n) is 2.75. The Labute approximate surface area is 106 Å². The Kier molecular flexibility index (Phi) is 3.77. The number of rotatable bonds is 4. The van der Waals surface area contributed by atoms with E-state index >= 15 is 0 Å². The molecule has 0 aliphatic heterocycles. The summed E-state index contributed by atoms with van der Waals surface area (Å²) in [5.41, 5.74) is 1.65. The van der Waals surface area contributed by atoms with Gasteiger partial charge in [-0.2, -0.15) is 0 Å². The zero-order valence-electron chi connectivity index (χ0n) is 10.5. The molecule has 94 valence electrons. The highest BCUT2D eigenvalue weighted by atomic mass is 16.3. The van der Waals surface area contributed by atoms with Crippen LogP contribution in [0.5, 0.6) is 0 Å². The lowest BCUT2D eigenvalue weighted by Gasteiger charge is -2.26. The van der Waals surface area contributed by atoms with E-state index in [-0.39, 0.29) is 11.9 Å². The molecule has 2 aromatic heterocycles. The van der Waals surface area contributed by atoms with Crippen LogP contribution in [0.25, 0.3) is 0 Å². The van der Waals surface area contributed by atoms with Crippen molar-refractivity contribution in [2.75, 3.05) is 0 Å². The minimum absolute atomic E-state index is 0.0180. The number of nitrogens with zero attached hydrogens (tertiary/aromatic N) is 2. The summed E-state index contributed by atoms with van der Waals surface area (Å²) in [6, 6.07) is 5.64. The van der Waals surface area contributed by atoms with Gasteiger partial charge < -0.3 is 9.32 Å². The number of furan rings is 1. The van der Waals surface area contributed by atoms with E-state index in [1.807, 2.05) is 26.0 Å². The molecular weight excluding hydrogens is 228 g/mol. The smallest absolute Gasteiger partial charge is 0.257 e. The van der Waals surface area contributed by atoms with E-state index in [9.17, 15) is 4.79 Å². The van der Waals surface area contributed by atoms with Crippen LogP contribution in [0.4, 0.5) is 0 Å². The first kappa shape index (κ1) is 12.4. The second-order valence-electron chi connectivity index (χ2n) is 4.39. The van der Waals surface area contributed by atoms with Crippen LogP contribution in [0.1, 0.15) is 29.8 Å². The molecule has 0 saturated heterocycles. The summed E-state index contributed by atoms with van der Waals surface area (Å²) in [6.45, 7) is 4.57. The minimum atomic E-state index is -0.0180. The van der Waals surface area contributed by atoms with Crippen LogP contribution in [-0.4, -0.2) is 21.8 Å². The summed E-state index contributed by atoms with van der Waals surface area (Å²) in [4.78, 5) is 18.1. The van der Waals surface area contributed by atoms with Gasteiger partial charge in [0.1, 0.15) is 6.26 Å². The molecule has 0 aliphatic rings. The SMILES string of the molecule is CC(C)N(Cc1ccncc1)C(=O)c1ccoc1. The van der Waals surface area contributed by atoms with Gasteiger partial charge >= 0.3 is 0 Å². The van der Waals surface area contributed by atoms with Crippen LogP contribution in [0.3, 0.4) is 0 Å². The Morgan fingerprint density at radius 1 is 1.33 bits per heavy atom. The number of hydrogen-bond donors (Lipinski definition) is 0. The molecule has 0 atom stereocenters. The van der Waals surface area contributed by atoms with E-state index in [4.69, 9.17) is 4.42 Å². The maximum Gasteiger partial charge on any atom is 0.257 e. The quantitative estimate of drug-likeness (QED) is 0.830. The Bertz CT molecular complexity index is 492. The Morgan fingerprint density at radius 3 is 2.61 bits per heavy atom. The van der Waals surface area contributed by atoms with Gasteiger partial charge in [0.25, 0.3) is 5.91 Å². The molecule has 18 heavy (non-hydrogen) atoms. The van der Waals surface area contributed by atoms with Gasteiger partial charge in [0, 0.05) is 25.0 Å². The summed E-state index contributed by atoms with van der Waals surface area (Å²) in [6.07, 6.45) is 6.45. The van der Waals surface area contributed by atoms with Gasteiger partial charge in [0.2, 0.25) is 0 Å². The normalized spacial score (nSPS) is 10.6. The monoisotopic (exact) mass is 244 g/mol. The maximum absolute atomic E-state index is 12.3. The molecule has 0 bridgehead atoms. The van der Waals surface area contributed by atoms with Crippen molar-refractivity contribution in [2.24, 2.45) is 0 Å². The van der Waals surface area contributed by atoms with E-state index in [0.29, 0.717) is 12.1 Å². The van der Waals surface area contributed by atoms with Crippen LogP contribution >= 0.6 is 0 Å². The van der Waals surface area contributed by atoms with Crippen molar-refractivity contribution in [3.8, 4) is 0 Å². The lowest BCUT2D eigenvalue weighted by atomic mass is 10.2. The van der Waals surface area contributed by atoms with Crippen LogP contribution in [0.2, 0.25) is 0 Å². The van der Waals surface area contributed by atoms with Crippen molar-refractivity contribution in [1.29, 1.82) is 0 Å². The summed E-state index contributed by atoms with van der Waals surface area (Å²) in [5.74, 6) is -0.0180. The van der Waals surface area contributed by atoms with Gasteiger partial charge in [-0.05, 0) is 37.6 Å². The second kappa shape index (κ2) is 5.49. The molecule has 1 amide bonds. The first-order valence-electron chi connectivity index (χ1n) is 5.90. The predicted molar refractivity (Wildman–Crippen MR) is 68.0 cm³/mol. The first-order chi connectivity index (χ1) is 8.68. The van der Waals surface area contributed by atoms with Gasteiger partial charge in [-0.3, -0.25) is 9.78 Å². The van der Waals surface area contributed by atoms with Crippen molar-refractivity contribution >= 4 is 5.91 Å². The zero-order chi connectivity index (χ0) is 13.0. The third kappa shape index (κ3) is 2.77. The van der Waals surface area contributed by atoms with Crippen molar-refractivity contribution in [3.63, 3.8) is 0 Å². The fraction of sp³-hybridized carbons (Fsp3) is 0.286. The fourth-order valence-corrected chi connectivity index (χ4v) is 1.73. The lowest BCUT2D eigenvalue weighted by molar-refractivity contribution is 0.0689. The molecule has 0 saturated carbocycles. The average Bonchev–Trinajstić information content (AvgIpc) is 2.90. The molecule has 0 radical (unpaired) electrons. The molecule has 0 aromatic carbocycles. The molecule has 0 spiro atoms. The van der Waals surface area contributed by atoms with Crippen molar-refractivity contribution in [2.45, 2.75) is 26.4 Å². The van der Waals surface area contributed by atoms with Crippen LogP contribution < -0.4 is 0 Å². The van der Waals surface area contributed by atoms with Gasteiger partial charge in [-0.1, -0.05) is 0 Å². The number of amides is 1. The van der Waals surface area contributed by atoms with E-state index < -0.39 is 0 Å². The highest BCUT2D eigenvalue weighted by Crippen LogP contribution is 2.13. The van der Waals surface area contributed by atoms with Crippen LogP contribution in [0, 0.1) is 0 Å². The van der Waals surface area contributed by atoms with E-state index in [1.165, 1.54) is 12.5 Å². The van der Waals surface area contributed by atoms with E-state index in [1.54, 1.807) is 23.4 Å². The van der Waals surface area contributed by atoms with Crippen molar-refractivity contribution < 1.29 is 9.21 Å². The van der Waals surface area contributed by atoms with Crippen LogP contribution in [-0.2, 0) is 6.54 Å². The Hall–Kier alpha value is -2.10. The molecule has 0 unspecified atom stereocenters. The van der Waals surface area contributed by atoms with Crippen molar-refractivity contribution in [1.82, 2.24) is 9.88 Å². The molecule has 4 heteroatoms. The average molecular weight is 244 g/mol. The lowest BCUT2D eigenvalue weighted by Crippen LogP contribution is -2.36. The number of aromatic nitrogens is 1. The minimum Gasteiger partial charge on any atom is -0.472 e. The predicted octanol–water partition coefficient (Wildman–Crippen LogP) is 2.73. The molecule has 4 nitrogen and oxygen atoms in total. The topological polar surface area (TPSA) is 46.3 Å². The van der Waals surface area contributed by atoms with E-state index in [2.05, 4.69) is 4.98 Å². The van der Waals surface area contributed by atoms with Crippen molar-refractivity contribution in [3.05, 3.63) is 54.2 Å². The third-order valence-corrected chi connectivity index (χ3v) is 2.75. The number of carbonyl (C=O) groups is 1. The number of hydrogen-bond acceptors (Lipinski definition) is 3. The Morgan fingerprint density at radius 2 is 2.06 bits per heavy atom. The first-order valence-corrected chi connectivity index (χ1v) is 5.90. The van der Waals surface area contributed by atoms with Crippen LogP contribution in [0.15, 0.2) is 47.5 Å². The molecule has 2 heterocycles. The summed E-state index contributed by atoms with van der Waals surface area (Å²) < 4.78 is 4.96. The van der Waals surface area contributed by atoms with E-state index in [0.717, 1.165) is 5.56 Å². The molecular formula is C14H16N2O2. The van der Waals surface area contributed by atoms with Gasteiger partial charge in [-0.15, -0.1) is 0 Å². The molecule has 0 fully saturated rings. The highest BCUT2D eigenvalue weighted by molar-refractivity contribution is 5.93. The molecule has 0 aliphatic carbocycles. The zero-order valence-corrected chi connectivity index (χ0v) is 10.5. The maximum atomic E-state index is 12.3. The largest absolute Gasteiger partial charge is 0.472 e. The number of carbonyl (C=O) groups excluding carboxylic acids is 1. The standard InChI is InChI=1S/C14H16N2O2/c1-11(2)16(9-12-3-6-15-7-4-12)14(17)13-5-8-18-10-13/h3-8,10-11H,9H2,1-2H3. The second-order valence-corrected chi connectivity index (χ2v) is 4.39. The Balaban J connectivity index is 2.17. The molecule has 0 N–H and O–H groups in total. The van der Waals surface area contributed by atoms with Gasteiger partial charge in [0.15, 0.2) is 0 Å². The summed E-state index contributed by atoms with van der Waals surface area (Å²) >= 11 is 0. The fourth-order valence-electron chi connectivity index (χ4n) is 1.73. The molecule has 2 rings (SSSR count). The molecule has 2 aromatic rings. The highest BCUT2D eigenvalue weighted by Gasteiger charge is 2.19. The van der Waals surface area contributed by atoms with Gasteiger partial charge in [0.05, 0.1) is 11.8 Å². The number of pyridine rings is 1. The van der Waals surface area contributed by atoms with Gasteiger partial charge in [-0.25, -0.2) is 0 Å².